The van der Waals surface area contributed by atoms with E-state index >= 15 is 0 Å². The summed E-state index contributed by atoms with van der Waals surface area (Å²) in [7, 11) is 0. The molecule has 0 amide bonds. The highest BCUT2D eigenvalue weighted by Crippen LogP contribution is 2.20. The molecule has 0 radical (unpaired) electrons. The molecule has 0 atom stereocenters. The fraction of sp³-hybridized carbons (Fsp3) is 0.0909. The van der Waals surface area contributed by atoms with Crippen LogP contribution in [0.1, 0.15) is 0 Å². The Hall–Kier alpha value is -1.62. The second kappa shape index (κ2) is 4.49. The summed E-state index contributed by atoms with van der Waals surface area (Å²) < 4.78 is 2.58. The minimum absolute atomic E-state index is 0.0780. The van der Waals surface area contributed by atoms with Gasteiger partial charge in [-0.1, -0.05) is 28.1 Å². The predicted octanol–water partition coefficient (Wildman–Crippen LogP) is 2.40. The molecule has 1 heterocycles. The number of hydrogen-bond acceptors (Lipinski definition) is 2. The average molecular weight is 281 g/mol. The molecule has 0 bridgehead atoms. The van der Waals surface area contributed by atoms with Crippen molar-refractivity contribution in [2.24, 2.45) is 0 Å². The van der Waals surface area contributed by atoms with Crippen LogP contribution in [0, 0.1) is 0 Å². The molecule has 0 aliphatic carbocycles. The number of imidazole rings is 1. The van der Waals surface area contributed by atoms with Gasteiger partial charge in [0.15, 0.2) is 0 Å². The number of carboxylic acid groups (broad SMARTS) is 1. The number of carboxylic acids is 1. The number of carbonyl (C=O) groups is 1. The highest BCUT2D eigenvalue weighted by atomic mass is 79.9. The number of rotatable bonds is 3. The van der Waals surface area contributed by atoms with E-state index in [9.17, 15) is 4.79 Å². The van der Waals surface area contributed by atoms with Crippen LogP contribution >= 0.6 is 15.9 Å². The van der Waals surface area contributed by atoms with Crippen molar-refractivity contribution in [3.63, 3.8) is 0 Å². The van der Waals surface area contributed by atoms with E-state index in [1.54, 1.807) is 17.0 Å². The number of halogens is 1. The molecule has 1 aromatic heterocycles. The van der Waals surface area contributed by atoms with Crippen molar-refractivity contribution >= 4 is 21.9 Å². The smallest absolute Gasteiger partial charge is 0.323 e. The third-order valence-corrected chi connectivity index (χ3v) is 2.65. The van der Waals surface area contributed by atoms with E-state index in [0.29, 0.717) is 5.82 Å². The molecule has 0 saturated carbocycles. The van der Waals surface area contributed by atoms with Crippen LogP contribution in [-0.4, -0.2) is 20.6 Å². The van der Waals surface area contributed by atoms with Crippen LogP contribution in [0.5, 0.6) is 0 Å². The van der Waals surface area contributed by atoms with Crippen LogP contribution in [0.2, 0.25) is 0 Å². The lowest BCUT2D eigenvalue weighted by atomic mass is 10.2. The maximum Gasteiger partial charge on any atom is 0.323 e. The van der Waals surface area contributed by atoms with Gasteiger partial charge in [-0.3, -0.25) is 4.79 Å². The third-order valence-electron chi connectivity index (χ3n) is 2.12. The Morgan fingerprint density at radius 2 is 2.06 bits per heavy atom. The van der Waals surface area contributed by atoms with E-state index in [2.05, 4.69) is 20.9 Å². The summed E-state index contributed by atoms with van der Waals surface area (Å²) in [5, 5.41) is 8.74. The monoisotopic (exact) mass is 280 g/mol. The Morgan fingerprint density at radius 1 is 1.38 bits per heavy atom. The van der Waals surface area contributed by atoms with Gasteiger partial charge < -0.3 is 9.67 Å². The van der Waals surface area contributed by atoms with Crippen LogP contribution in [-0.2, 0) is 11.3 Å². The number of nitrogens with zero attached hydrogens (tertiary/aromatic N) is 2. The zero-order valence-electron chi connectivity index (χ0n) is 8.30. The molecule has 4 nitrogen and oxygen atoms in total. The molecular weight excluding hydrogens is 272 g/mol. The van der Waals surface area contributed by atoms with Gasteiger partial charge in [-0.15, -0.1) is 0 Å². The Bertz CT molecular complexity index is 505. The standard InChI is InChI=1S/C11H9BrN2O2/c12-9-3-1-8(2-4-9)11-13-5-6-14(11)7-10(15)16/h1-6H,7H2,(H,15,16). The predicted molar refractivity (Wildman–Crippen MR) is 63.0 cm³/mol. The molecule has 0 fully saturated rings. The lowest BCUT2D eigenvalue weighted by Gasteiger charge is -2.04. The van der Waals surface area contributed by atoms with Crippen molar-refractivity contribution in [1.82, 2.24) is 9.55 Å². The van der Waals surface area contributed by atoms with Gasteiger partial charge in [-0.05, 0) is 12.1 Å². The summed E-state index contributed by atoms with van der Waals surface area (Å²) in [4.78, 5) is 14.8. The molecule has 0 spiro atoms. The van der Waals surface area contributed by atoms with Crippen LogP contribution in [0.3, 0.4) is 0 Å². The maximum absolute atomic E-state index is 10.6. The Balaban J connectivity index is 2.36. The molecule has 0 saturated heterocycles. The van der Waals surface area contributed by atoms with Crippen molar-refractivity contribution in [2.45, 2.75) is 6.54 Å². The highest BCUT2D eigenvalue weighted by molar-refractivity contribution is 9.10. The second-order valence-corrected chi connectivity index (χ2v) is 4.20. The van der Waals surface area contributed by atoms with Gasteiger partial charge in [0.05, 0.1) is 0 Å². The quantitative estimate of drug-likeness (QED) is 0.939. The van der Waals surface area contributed by atoms with Gasteiger partial charge >= 0.3 is 5.97 Å². The van der Waals surface area contributed by atoms with Gasteiger partial charge in [0.25, 0.3) is 0 Å². The number of hydrogen-bond donors (Lipinski definition) is 1. The van der Waals surface area contributed by atoms with E-state index in [1.807, 2.05) is 24.3 Å². The molecule has 2 aromatic rings. The van der Waals surface area contributed by atoms with Crippen molar-refractivity contribution in [3.05, 3.63) is 41.1 Å². The molecule has 0 unspecified atom stereocenters. The summed E-state index contributed by atoms with van der Waals surface area (Å²) in [5.41, 5.74) is 0.898. The molecule has 16 heavy (non-hydrogen) atoms. The van der Waals surface area contributed by atoms with Crippen LogP contribution < -0.4 is 0 Å². The lowest BCUT2D eigenvalue weighted by molar-refractivity contribution is -0.137. The first-order valence-electron chi connectivity index (χ1n) is 4.65. The first-order valence-corrected chi connectivity index (χ1v) is 5.45. The van der Waals surface area contributed by atoms with E-state index in [-0.39, 0.29) is 6.54 Å². The van der Waals surface area contributed by atoms with E-state index in [1.165, 1.54) is 0 Å². The van der Waals surface area contributed by atoms with Crippen LogP contribution in [0.15, 0.2) is 41.1 Å². The zero-order valence-corrected chi connectivity index (χ0v) is 9.89. The van der Waals surface area contributed by atoms with Gasteiger partial charge in [0, 0.05) is 22.4 Å². The Kier molecular flexibility index (Phi) is 3.05. The molecule has 0 aliphatic heterocycles. The number of aliphatic carboxylic acids is 1. The molecule has 2 rings (SSSR count). The van der Waals surface area contributed by atoms with Crippen LogP contribution in [0.25, 0.3) is 11.4 Å². The molecule has 0 aliphatic rings. The summed E-state index contributed by atoms with van der Waals surface area (Å²) >= 11 is 3.35. The maximum atomic E-state index is 10.6. The van der Waals surface area contributed by atoms with E-state index in [0.717, 1.165) is 10.0 Å². The SMILES string of the molecule is O=C(O)Cn1ccnc1-c1ccc(Br)cc1. The highest BCUT2D eigenvalue weighted by Gasteiger charge is 2.08. The Labute approximate surface area is 101 Å². The van der Waals surface area contributed by atoms with Gasteiger partial charge in [0.1, 0.15) is 12.4 Å². The van der Waals surface area contributed by atoms with Crippen molar-refractivity contribution in [3.8, 4) is 11.4 Å². The van der Waals surface area contributed by atoms with Crippen LogP contribution in [0.4, 0.5) is 0 Å². The zero-order chi connectivity index (χ0) is 11.5. The second-order valence-electron chi connectivity index (χ2n) is 3.28. The topological polar surface area (TPSA) is 55.1 Å². The van der Waals surface area contributed by atoms with Crippen molar-refractivity contribution in [2.75, 3.05) is 0 Å². The minimum Gasteiger partial charge on any atom is -0.480 e. The summed E-state index contributed by atoms with van der Waals surface area (Å²) in [5.74, 6) is -0.216. The summed E-state index contributed by atoms with van der Waals surface area (Å²) in [6.07, 6.45) is 3.26. The number of benzene rings is 1. The average Bonchev–Trinajstić information content (AvgIpc) is 2.66. The first-order chi connectivity index (χ1) is 7.66. The Morgan fingerprint density at radius 3 is 2.69 bits per heavy atom. The van der Waals surface area contributed by atoms with E-state index in [4.69, 9.17) is 5.11 Å². The first kappa shape index (κ1) is 10.9. The van der Waals surface area contributed by atoms with E-state index < -0.39 is 5.97 Å². The molecule has 1 aromatic carbocycles. The largest absolute Gasteiger partial charge is 0.480 e. The molecular formula is C11H9BrN2O2. The van der Waals surface area contributed by atoms with Gasteiger partial charge in [0.2, 0.25) is 0 Å². The van der Waals surface area contributed by atoms with Gasteiger partial charge in [-0.2, -0.15) is 0 Å². The fourth-order valence-electron chi connectivity index (χ4n) is 1.44. The minimum atomic E-state index is -0.878. The molecule has 5 heteroatoms. The molecule has 82 valence electrons. The molecule has 1 N–H and O–H groups in total. The normalized spacial score (nSPS) is 10.3. The van der Waals surface area contributed by atoms with Crippen molar-refractivity contribution < 1.29 is 9.90 Å². The number of aromatic nitrogens is 2. The fourth-order valence-corrected chi connectivity index (χ4v) is 1.71. The lowest BCUT2D eigenvalue weighted by Crippen LogP contribution is -2.09. The van der Waals surface area contributed by atoms with Gasteiger partial charge in [-0.25, -0.2) is 4.98 Å². The summed E-state index contributed by atoms with van der Waals surface area (Å²) in [6, 6.07) is 7.58. The van der Waals surface area contributed by atoms with Crippen molar-refractivity contribution in [1.29, 1.82) is 0 Å². The summed E-state index contributed by atoms with van der Waals surface area (Å²) in [6.45, 7) is -0.0780. The third kappa shape index (κ3) is 2.30.